The van der Waals surface area contributed by atoms with Crippen LogP contribution < -0.4 is 14.9 Å². The minimum Gasteiger partial charge on any atom is -0.497 e. The van der Waals surface area contributed by atoms with Crippen molar-refractivity contribution in [2.24, 2.45) is 0 Å². The summed E-state index contributed by atoms with van der Waals surface area (Å²) in [5, 5.41) is 2.13. The zero-order valence-corrected chi connectivity index (χ0v) is 9.55. The molecule has 0 bridgehead atoms. The van der Waals surface area contributed by atoms with Gasteiger partial charge in [-0.3, -0.25) is 0 Å². The molecule has 0 unspecified atom stereocenters. The second-order valence-corrected chi connectivity index (χ2v) is 3.99. The topological polar surface area (TPSA) is 39.4 Å². The maximum absolute atomic E-state index is 6.18. The molecule has 2 aromatic heterocycles. The molecule has 3 heteroatoms. The summed E-state index contributed by atoms with van der Waals surface area (Å²) in [6.07, 6.45) is 4.05. The zero-order valence-electron chi connectivity index (χ0n) is 9.55. The van der Waals surface area contributed by atoms with Crippen molar-refractivity contribution in [2.75, 3.05) is 12.8 Å². The van der Waals surface area contributed by atoms with E-state index in [0.717, 1.165) is 27.7 Å². The highest BCUT2D eigenvalue weighted by molar-refractivity contribution is 5.98. The summed E-state index contributed by atoms with van der Waals surface area (Å²) in [7, 11) is 1.67. The lowest BCUT2D eigenvalue weighted by molar-refractivity contribution is -0.509. The van der Waals surface area contributed by atoms with Crippen molar-refractivity contribution >= 4 is 22.0 Å². The average Bonchev–Trinajstić information content (AvgIpc) is 2.38. The summed E-state index contributed by atoms with van der Waals surface area (Å²) >= 11 is 0. The van der Waals surface area contributed by atoms with Gasteiger partial charge >= 0.3 is 0 Å². The normalized spacial score (nSPS) is 10.9. The van der Waals surface area contributed by atoms with Crippen LogP contribution in [0, 0.1) is 0 Å². The quantitative estimate of drug-likeness (QED) is 0.509. The first-order chi connectivity index (χ1) is 8.29. The molecule has 0 aliphatic heterocycles. The third-order valence-corrected chi connectivity index (χ3v) is 2.99. The van der Waals surface area contributed by atoms with Crippen LogP contribution in [-0.2, 0) is 0 Å². The Kier molecular flexibility index (Phi) is 2.11. The van der Waals surface area contributed by atoms with Crippen molar-refractivity contribution in [3.63, 3.8) is 0 Å². The molecule has 3 rings (SSSR count). The van der Waals surface area contributed by atoms with E-state index in [2.05, 4.69) is 6.20 Å². The van der Waals surface area contributed by atoms with E-state index in [-0.39, 0.29) is 0 Å². The molecule has 0 aliphatic rings. The largest absolute Gasteiger partial charge is 0.497 e. The molecule has 17 heavy (non-hydrogen) atoms. The van der Waals surface area contributed by atoms with Crippen LogP contribution in [0.3, 0.4) is 0 Å². The van der Waals surface area contributed by atoms with Crippen LogP contribution in [0.2, 0.25) is 0 Å². The highest BCUT2D eigenvalue weighted by Gasteiger charge is 2.11. The molecule has 3 nitrogen and oxygen atoms in total. The Morgan fingerprint density at radius 1 is 1.18 bits per heavy atom. The van der Waals surface area contributed by atoms with Crippen LogP contribution in [0.5, 0.6) is 5.75 Å². The molecule has 0 amide bonds. The van der Waals surface area contributed by atoms with Gasteiger partial charge in [-0.05, 0) is 24.3 Å². The fourth-order valence-corrected chi connectivity index (χ4v) is 2.10. The van der Waals surface area contributed by atoms with E-state index in [4.69, 9.17) is 10.5 Å². The molecule has 84 valence electrons. The second-order valence-electron chi connectivity index (χ2n) is 3.99. The first kappa shape index (κ1) is 9.90. The van der Waals surface area contributed by atoms with Gasteiger partial charge in [-0.2, -0.15) is 4.40 Å². The van der Waals surface area contributed by atoms with E-state index >= 15 is 0 Å². The second kappa shape index (κ2) is 3.63. The SMILES string of the molecule is COc1ccc2c(N)c3cccc[n+]3cc2c1. The van der Waals surface area contributed by atoms with Gasteiger partial charge in [0.25, 0.3) is 0 Å². The lowest BCUT2D eigenvalue weighted by atomic mass is 10.1. The Morgan fingerprint density at radius 2 is 2.06 bits per heavy atom. The first-order valence-corrected chi connectivity index (χ1v) is 5.46. The Morgan fingerprint density at radius 3 is 2.88 bits per heavy atom. The van der Waals surface area contributed by atoms with Crippen LogP contribution in [0.25, 0.3) is 16.3 Å². The van der Waals surface area contributed by atoms with Crippen LogP contribution in [-0.4, -0.2) is 7.11 Å². The number of anilines is 1. The van der Waals surface area contributed by atoms with E-state index in [1.54, 1.807) is 7.11 Å². The Hall–Kier alpha value is -2.29. The lowest BCUT2D eigenvalue weighted by Gasteiger charge is -2.04. The number of hydrogen-bond acceptors (Lipinski definition) is 2. The van der Waals surface area contributed by atoms with E-state index in [1.807, 2.05) is 47.0 Å². The van der Waals surface area contributed by atoms with Crippen molar-refractivity contribution < 1.29 is 9.14 Å². The molecule has 0 aliphatic carbocycles. The summed E-state index contributed by atoms with van der Waals surface area (Å²) in [6.45, 7) is 0. The number of aromatic nitrogens is 1. The van der Waals surface area contributed by atoms with E-state index in [1.165, 1.54) is 0 Å². The number of methoxy groups -OCH3 is 1. The van der Waals surface area contributed by atoms with E-state index in [0.29, 0.717) is 0 Å². The monoisotopic (exact) mass is 225 g/mol. The first-order valence-electron chi connectivity index (χ1n) is 5.46. The molecule has 0 radical (unpaired) electrons. The number of nitrogens with two attached hydrogens (primary N) is 1. The number of nitrogen functional groups attached to an aromatic ring is 1. The van der Waals surface area contributed by atoms with Crippen LogP contribution in [0.15, 0.2) is 48.8 Å². The molecule has 3 aromatic rings. The fourth-order valence-electron chi connectivity index (χ4n) is 2.10. The molecule has 0 saturated carbocycles. The predicted octanol–water partition coefficient (Wildman–Crippen LogP) is 2.17. The van der Waals surface area contributed by atoms with Crippen LogP contribution >= 0.6 is 0 Å². The number of rotatable bonds is 1. The number of nitrogens with zero attached hydrogens (tertiary/aromatic N) is 1. The Bertz CT molecular complexity index is 707. The van der Waals surface area contributed by atoms with Gasteiger partial charge in [0, 0.05) is 17.5 Å². The Balaban J connectivity index is 2.45. The molecule has 0 spiro atoms. The van der Waals surface area contributed by atoms with Gasteiger partial charge in [0.2, 0.25) is 5.52 Å². The standard InChI is InChI=1S/C14H13N2O/c1-17-11-5-6-12-10(8-11)9-16-7-3-2-4-13(16)14(12)15/h2-9H,15H2,1H3/q+1. The molecule has 2 heterocycles. The number of fused-ring (bicyclic) bond motifs is 2. The molecule has 0 fully saturated rings. The van der Waals surface area contributed by atoms with Gasteiger partial charge in [0.05, 0.1) is 12.5 Å². The highest BCUT2D eigenvalue weighted by atomic mass is 16.5. The van der Waals surface area contributed by atoms with Crippen LogP contribution in [0.1, 0.15) is 0 Å². The third-order valence-electron chi connectivity index (χ3n) is 2.99. The summed E-state index contributed by atoms with van der Waals surface area (Å²) < 4.78 is 7.25. The van der Waals surface area contributed by atoms with Crippen molar-refractivity contribution in [1.82, 2.24) is 0 Å². The number of hydrogen-bond donors (Lipinski definition) is 1. The maximum Gasteiger partial charge on any atom is 0.234 e. The van der Waals surface area contributed by atoms with Gasteiger partial charge in [-0.25, -0.2) is 0 Å². The number of pyridine rings is 2. The van der Waals surface area contributed by atoms with E-state index in [9.17, 15) is 0 Å². The highest BCUT2D eigenvalue weighted by Crippen LogP contribution is 2.26. The number of benzene rings is 1. The maximum atomic E-state index is 6.18. The lowest BCUT2D eigenvalue weighted by Crippen LogP contribution is -2.21. The molecular formula is C14H13N2O+. The molecule has 0 atom stereocenters. The van der Waals surface area contributed by atoms with Crippen LogP contribution in [0.4, 0.5) is 5.69 Å². The third kappa shape index (κ3) is 1.47. The van der Waals surface area contributed by atoms with Crippen molar-refractivity contribution in [3.8, 4) is 5.75 Å². The zero-order chi connectivity index (χ0) is 11.8. The summed E-state index contributed by atoms with van der Waals surface area (Å²) in [6, 6.07) is 11.9. The molecule has 1 aromatic carbocycles. The van der Waals surface area contributed by atoms with Gasteiger partial charge < -0.3 is 10.5 Å². The fraction of sp³-hybridized carbons (Fsp3) is 0.0714. The van der Waals surface area contributed by atoms with Gasteiger partial charge in [-0.1, -0.05) is 0 Å². The molecule has 2 N–H and O–H groups in total. The van der Waals surface area contributed by atoms with Gasteiger partial charge in [-0.15, -0.1) is 0 Å². The summed E-state index contributed by atoms with van der Waals surface area (Å²) in [5.74, 6) is 0.841. The minimum atomic E-state index is 0.797. The molecular weight excluding hydrogens is 212 g/mol. The predicted molar refractivity (Wildman–Crippen MR) is 68.1 cm³/mol. The number of ether oxygens (including phenoxy) is 1. The van der Waals surface area contributed by atoms with E-state index < -0.39 is 0 Å². The Labute approximate surface area is 99.1 Å². The minimum absolute atomic E-state index is 0.797. The summed E-state index contributed by atoms with van der Waals surface area (Å²) in [5.41, 5.74) is 8.00. The van der Waals surface area contributed by atoms with Gasteiger partial charge in [0.15, 0.2) is 12.4 Å². The summed E-state index contributed by atoms with van der Waals surface area (Å²) in [4.78, 5) is 0. The molecule has 0 saturated heterocycles. The van der Waals surface area contributed by atoms with Gasteiger partial charge in [0.1, 0.15) is 11.4 Å². The van der Waals surface area contributed by atoms with Crippen molar-refractivity contribution in [3.05, 3.63) is 48.8 Å². The van der Waals surface area contributed by atoms with Crippen molar-refractivity contribution in [2.45, 2.75) is 0 Å². The van der Waals surface area contributed by atoms with Crippen molar-refractivity contribution in [1.29, 1.82) is 0 Å². The average molecular weight is 225 g/mol. The smallest absolute Gasteiger partial charge is 0.234 e.